The maximum absolute atomic E-state index is 13.0. The van der Waals surface area contributed by atoms with Gasteiger partial charge in [-0.1, -0.05) is 0 Å². The molecule has 0 aliphatic heterocycles. The van der Waals surface area contributed by atoms with Gasteiger partial charge in [-0.2, -0.15) is 18.3 Å². The van der Waals surface area contributed by atoms with Gasteiger partial charge < -0.3 is 10.8 Å². The van der Waals surface area contributed by atoms with Crippen molar-refractivity contribution in [3.05, 3.63) is 24.2 Å². The van der Waals surface area contributed by atoms with Crippen LogP contribution in [0.3, 0.4) is 0 Å². The molecule has 0 fully saturated rings. The maximum Gasteiger partial charge on any atom is 0.419 e. The Morgan fingerprint density at radius 2 is 1.95 bits per heavy atom. The highest BCUT2D eigenvalue weighted by molar-refractivity contribution is 5.63. The summed E-state index contributed by atoms with van der Waals surface area (Å²) in [6.45, 7) is 3.26. The molecule has 0 radical (unpaired) electrons. The molecule has 0 amide bonds. The van der Waals surface area contributed by atoms with Gasteiger partial charge in [-0.05, 0) is 13.8 Å². The summed E-state index contributed by atoms with van der Waals surface area (Å²) in [6, 6.07) is -0.382. The van der Waals surface area contributed by atoms with E-state index in [2.05, 4.69) is 15.1 Å². The molecule has 2 heterocycles. The second-order valence-electron chi connectivity index (χ2n) is 4.68. The minimum Gasteiger partial charge on any atom is -0.391 e. The fourth-order valence-corrected chi connectivity index (χ4v) is 1.73. The SMILES string of the molecule is CC(O)C(C)n1cc(-c2nc(N)ncc2C(F)(F)F)cn1. The van der Waals surface area contributed by atoms with Crippen LogP contribution < -0.4 is 5.73 Å². The van der Waals surface area contributed by atoms with E-state index in [0.717, 1.165) is 0 Å². The molecule has 6 nitrogen and oxygen atoms in total. The van der Waals surface area contributed by atoms with Gasteiger partial charge in [0.2, 0.25) is 5.95 Å². The van der Waals surface area contributed by atoms with Crippen LogP contribution in [0.2, 0.25) is 0 Å². The quantitative estimate of drug-likeness (QED) is 0.903. The van der Waals surface area contributed by atoms with E-state index in [0.29, 0.717) is 6.20 Å². The summed E-state index contributed by atoms with van der Waals surface area (Å²) in [4.78, 5) is 7.04. The minimum absolute atomic E-state index is 0.156. The van der Waals surface area contributed by atoms with E-state index in [1.807, 2.05) is 0 Å². The molecule has 0 aromatic carbocycles. The van der Waals surface area contributed by atoms with Crippen molar-refractivity contribution in [1.82, 2.24) is 19.7 Å². The normalized spacial score (nSPS) is 15.0. The van der Waals surface area contributed by atoms with Crippen molar-refractivity contribution in [2.45, 2.75) is 32.2 Å². The van der Waals surface area contributed by atoms with Crippen LogP contribution in [0.5, 0.6) is 0 Å². The minimum atomic E-state index is -4.60. The van der Waals surface area contributed by atoms with Gasteiger partial charge in [0.25, 0.3) is 0 Å². The van der Waals surface area contributed by atoms with Gasteiger partial charge in [-0.25, -0.2) is 9.97 Å². The third kappa shape index (κ3) is 3.13. The lowest BCUT2D eigenvalue weighted by atomic mass is 10.1. The molecule has 0 saturated carbocycles. The molecule has 0 saturated heterocycles. The molecule has 3 N–H and O–H groups in total. The topological polar surface area (TPSA) is 89.8 Å². The molecule has 114 valence electrons. The predicted octanol–water partition coefficient (Wildman–Crippen LogP) is 1.88. The maximum atomic E-state index is 13.0. The van der Waals surface area contributed by atoms with Gasteiger partial charge >= 0.3 is 6.18 Å². The lowest BCUT2D eigenvalue weighted by molar-refractivity contribution is -0.137. The summed E-state index contributed by atoms with van der Waals surface area (Å²) < 4.78 is 40.3. The van der Waals surface area contributed by atoms with E-state index in [4.69, 9.17) is 5.73 Å². The zero-order valence-electron chi connectivity index (χ0n) is 11.3. The van der Waals surface area contributed by atoms with Gasteiger partial charge in [0.1, 0.15) is 5.56 Å². The number of anilines is 1. The van der Waals surface area contributed by atoms with E-state index < -0.39 is 17.8 Å². The summed E-state index contributed by atoms with van der Waals surface area (Å²) in [5.41, 5.74) is 4.20. The molecule has 9 heteroatoms. The number of nitrogen functional groups attached to an aromatic ring is 1. The zero-order chi connectivity index (χ0) is 15.8. The van der Waals surface area contributed by atoms with E-state index in [1.165, 1.54) is 17.1 Å². The number of hydrogen-bond donors (Lipinski definition) is 2. The van der Waals surface area contributed by atoms with Crippen LogP contribution in [0, 0.1) is 0 Å². The summed E-state index contributed by atoms with van der Waals surface area (Å²) >= 11 is 0. The second kappa shape index (κ2) is 5.32. The number of aliphatic hydroxyl groups is 1. The van der Waals surface area contributed by atoms with Crippen molar-refractivity contribution in [2.24, 2.45) is 0 Å². The van der Waals surface area contributed by atoms with E-state index >= 15 is 0 Å². The van der Waals surface area contributed by atoms with Crippen molar-refractivity contribution < 1.29 is 18.3 Å². The molecule has 2 aromatic rings. The molecule has 2 atom stereocenters. The Labute approximate surface area is 118 Å². The summed E-state index contributed by atoms with van der Waals surface area (Å²) in [7, 11) is 0. The van der Waals surface area contributed by atoms with E-state index in [1.54, 1.807) is 13.8 Å². The molecular weight excluding hydrogens is 287 g/mol. The number of alkyl halides is 3. The first-order valence-corrected chi connectivity index (χ1v) is 6.12. The molecular formula is C12H14F3N5O. The van der Waals surface area contributed by atoms with Crippen LogP contribution in [0.25, 0.3) is 11.3 Å². The number of aromatic nitrogens is 4. The Hall–Kier alpha value is -2.16. The van der Waals surface area contributed by atoms with Gasteiger partial charge in [0.15, 0.2) is 0 Å². The summed E-state index contributed by atoms with van der Waals surface area (Å²) in [6.07, 6.45) is -2.02. The van der Waals surface area contributed by atoms with E-state index in [-0.39, 0.29) is 23.2 Å². The molecule has 0 aliphatic carbocycles. The number of rotatable bonds is 3. The van der Waals surface area contributed by atoms with Crippen molar-refractivity contribution in [3.8, 4) is 11.3 Å². The molecule has 21 heavy (non-hydrogen) atoms. The third-order valence-electron chi connectivity index (χ3n) is 3.10. The second-order valence-corrected chi connectivity index (χ2v) is 4.68. The smallest absolute Gasteiger partial charge is 0.391 e. The van der Waals surface area contributed by atoms with Crippen LogP contribution in [-0.2, 0) is 6.18 Å². The Morgan fingerprint density at radius 1 is 1.29 bits per heavy atom. The van der Waals surface area contributed by atoms with Gasteiger partial charge in [-0.15, -0.1) is 0 Å². The number of nitrogens with two attached hydrogens (primary N) is 1. The summed E-state index contributed by atoms with van der Waals surface area (Å²) in [5, 5.41) is 13.5. The average molecular weight is 301 g/mol. The number of aliphatic hydroxyl groups excluding tert-OH is 1. The van der Waals surface area contributed by atoms with Crippen molar-refractivity contribution in [1.29, 1.82) is 0 Å². The Kier molecular flexibility index (Phi) is 3.86. The molecule has 2 aromatic heterocycles. The van der Waals surface area contributed by atoms with Crippen molar-refractivity contribution in [2.75, 3.05) is 5.73 Å². The third-order valence-corrected chi connectivity index (χ3v) is 3.10. The fourth-order valence-electron chi connectivity index (χ4n) is 1.73. The zero-order valence-corrected chi connectivity index (χ0v) is 11.3. The number of halogens is 3. The molecule has 2 unspecified atom stereocenters. The first-order valence-electron chi connectivity index (χ1n) is 6.12. The van der Waals surface area contributed by atoms with Crippen molar-refractivity contribution in [3.63, 3.8) is 0 Å². The van der Waals surface area contributed by atoms with Gasteiger partial charge in [0.05, 0.1) is 24.0 Å². The number of nitrogens with zero attached hydrogens (tertiary/aromatic N) is 4. The largest absolute Gasteiger partial charge is 0.419 e. The van der Waals surface area contributed by atoms with Gasteiger partial charge in [-0.3, -0.25) is 4.68 Å². The lowest BCUT2D eigenvalue weighted by Crippen LogP contribution is -2.18. The lowest BCUT2D eigenvalue weighted by Gasteiger charge is -2.14. The molecule has 0 aliphatic rings. The molecule has 0 spiro atoms. The van der Waals surface area contributed by atoms with Crippen LogP contribution in [0.1, 0.15) is 25.5 Å². The Balaban J connectivity index is 2.50. The van der Waals surface area contributed by atoms with Crippen molar-refractivity contribution >= 4 is 5.95 Å². The van der Waals surface area contributed by atoms with Gasteiger partial charge in [0, 0.05) is 18.0 Å². The molecule has 0 bridgehead atoms. The monoisotopic (exact) mass is 301 g/mol. The highest BCUT2D eigenvalue weighted by atomic mass is 19.4. The predicted molar refractivity (Wildman–Crippen MR) is 69.1 cm³/mol. The fraction of sp³-hybridized carbons (Fsp3) is 0.417. The first kappa shape index (κ1) is 15.2. The Bertz CT molecular complexity index is 638. The highest BCUT2D eigenvalue weighted by Gasteiger charge is 2.35. The molecule has 2 rings (SSSR count). The standard InChI is InChI=1S/C12H14F3N5O/c1-6(7(2)21)20-5-8(3-18-20)10-9(12(13,14)15)4-17-11(16)19-10/h3-7,21H,1-2H3,(H2,16,17,19). The van der Waals surface area contributed by atoms with Crippen LogP contribution >= 0.6 is 0 Å². The average Bonchev–Trinajstić information content (AvgIpc) is 2.85. The van der Waals surface area contributed by atoms with Crippen LogP contribution in [0.4, 0.5) is 19.1 Å². The summed E-state index contributed by atoms with van der Waals surface area (Å²) in [5.74, 6) is -0.255. The van der Waals surface area contributed by atoms with Crippen LogP contribution in [0.15, 0.2) is 18.6 Å². The van der Waals surface area contributed by atoms with E-state index in [9.17, 15) is 18.3 Å². The number of hydrogen-bond acceptors (Lipinski definition) is 5. The van der Waals surface area contributed by atoms with Crippen LogP contribution in [-0.4, -0.2) is 31.0 Å². The highest BCUT2D eigenvalue weighted by Crippen LogP contribution is 2.35. The first-order chi connectivity index (χ1) is 9.70. The Morgan fingerprint density at radius 3 is 2.52 bits per heavy atom.